The predicted molar refractivity (Wildman–Crippen MR) is 101 cm³/mol. The largest absolute Gasteiger partial charge is 0.462 e. The number of nitrogens with zero attached hydrogens (tertiary/aromatic N) is 2. The van der Waals surface area contributed by atoms with Gasteiger partial charge < -0.3 is 9.73 Å². The first-order valence-corrected chi connectivity index (χ1v) is 9.67. The Balaban J connectivity index is 1.50. The molecule has 0 fully saturated rings. The lowest BCUT2D eigenvalue weighted by Crippen LogP contribution is -2.39. The van der Waals surface area contributed by atoms with Crippen molar-refractivity contribution in [3.05, 3.63) is 48.7 Å². The van der Waals surface area contributed by atoms with Gasteiger partial charge in [0.1, 0.15) is 0 Å². The molecule has 2 aromatic heterocycles. The maximum absolute atomic E-state index is 12.2. The van der Waals surface area contributed by atoms with Crippen molar-refractivity contribution in [2.45, 2.75) is 24.3 Å². The van der Waals surface area contributed by atoms with Crippen molar-refractivity contribution in [2.75, 3.05) is 11.1 Å². The highest BCUT2D eigenvalue weighted by Gasteiger charge is 2.14. The van der Waals surface area contributed by atoms with Crippen LogP contribution in [0.15, 0.2) is 58.0 Å². The molecule has 0 bridgehead atoms. The van der Waals surface area contributed by atoms with Crippen LogP contribution in [0.5, 0.6) is 0 Å². The van der Waals surface area contributed by atoms with Crippen LogP contribution in [-0.4, -0.2) is 28.0 Å². The van der Waals surface area contributed by atoms with Crippen molar-refractivity contribution in [1.82, 2.24) is 15.5 Å². The van der Waals surface area contributed by atoms with Gasteiger partial charge in [0.25, 0.3) is 0 Å². The summed E-state index contributed by atoms with van der Waals surface area (Å²) in [5, 5.41) is 14.8. The summed E-state index contributed by atoms with van der Waals surface area (Å²) in [5.41, 5.74) is 0. The van der Waals surface area contributed by atoms with Crippen LogP contribution in [-0.2, 0) is 0 Å². The lowest BCUT2D eigenvalue weighted by Gasteiger charge is -2.16. The lowest BCUT2D eigenvalue weighted by atomic mass is 10.3. The highest BCUT2D eigenvalue weighted by atomic mass is 32.2. The number of hydrogen-bond acceptors (Lipinski definition) is 6. The normalized spacial score (nSPS) is 11.9. The second kappa shape index (κ2) is 8.68. The van der Waals surface area contributed by atoms with Crippen LogP contribution in [0.4, 0.5) is 9.93 Å². The minimum absolute atomic E-state index is 0.0719. The number of amides is 2. The first-order chi connectivity index (χ1) is 12.2. The average Bonchev–Trinajstić information content (AvgIpc) is 3.31. The summed E-state index contributed by atoms with van der Waals surface area (Å²) < 4.78 is 5.27. The average molecular weight is 374 g/mol. The fourth-order valence-corrected chi connectivity index (χ4v) is 3.84. The lowest BCUT2D eigenvalue weighted by molar-refractivity contribution is 0.249. The van der Waals surface area contributed by atoms with E-state index in [1.165, 1.54) is 16.2 Å². The van der Waals surface area contributed by atoms with Gasteiger partial charge in [-0.2, -0.15) is 0 Å². The first-order valence-electron chi connectivity index (χ1n) is 7.87. The van der Waals surface area contributed by atoms with Crippen LogP contribution >= 0.6 is 23.1 Å². The molecular formula is C17H18N4O2S2. The van der Waals surface area contributed by atoms with Crippen molar-refractivity contribution in [1.29, 1.82) is 0 Å². The molecule has 8 heteroatoms. The molecule has 2 heterocycles. The number of carbonyl (C=O) groups is 1. The van der Waals surface area contributed by atoms with E-state index in [-0.39, 0.29) is 12.1 Å². The van der Waals surface area contributed by atoms with E-state index < -0.39 is 0 Å². The zero-order valence-electron chi connectivity index (χ0n) is 13.6. The number of aromatic nitrogens is 2. The number of nitrogens with one attached hydrogen (secondary N) is 2. The molecule has 0 saturated heterocycles. The molecule has 2 N–H and O–H groups in total. The zero-order valence-corrected chi connectivity index (χ0v) is 15.3. The zero-order chi connectivity index (χ0) is 17.5. The van der Waals surface area contributed by atoms with Gasteiger partial charge in [-0.15, -0.1) is 22.0 Å². The molecule has 0 spiro atoms. The third-order valence-electron chi connectivity index (χ3n) is 3.40. The van der Waals surface area contributed by atoms with Crippen molar-refractivity contribution >= 4 is 34.3 Å². The van der Waals surface area contributed by atoms with Gasteiger partial charge in [0.15, 0.2) is 10.8 Å². The molecule has 3 aromatic rings. The Morgan fingerprint density at radius 1 is 1.24 bits per heavy atom. The van der Waals surface area contributed by atoms with Gasteiger partial charge in [-0.05, 0) is 30.7 Å². The van der Waals surface area contributed by atoms with Gasteiger partial charge in [0.2, 0.25) is 5.13 Å². The summed E-state index contributed by atoms with van der Waals surface area (Å²) in [6.45, 7) is 2.05. The van der Waals surface area contributed by atoms with Gasteiger partial charge in [-0.1, -0.05) is 36.5 Å². The van der Waals surface area contributed by atoms with E-state index >= 15 is 0 Å². The molecular weight excluding hydrogens is 356 g/mol. The topological polar surface area (TPSA) is 80.0 Å². The van der Waals surface area contributed by atoms with E-state index in [1.807, 2.05) is 18.2 Å². The number of thioether (sulfide) groups is 1. The van der Waals surface area contributed by atoms with E-state index in [0.29, 0.717) is 15.9 Å². The highest BCUT2D eigenvalue weighted by molar-refractivity contribution is 7.99. The minimum atomic E-state index is -0.275. The Labute approximate surface area is 154 Å². The molecule has 6 nitrogen and oxygen atoms in total. The van der Waals surface area contributed by atoms with Gasteiger partial charge in [0, 0.05) is 16.7 Å². The summed E-state index contributed by atoms with van der Waals surface area (Å²) in [6, 6.07) is 13.5. The van der Waals surface area contributed by atoms with E-state index in [1.54, 1.807) is 30.2 Å². The number of hydrogen-bond donors (Lipinski definition) is 2. The summed E-state index contributed by atoms with van der Waals surface area (Å²) >= 11 is 2.99. The number of benzene rings is 1. The minimum Gasteiger partial charge on any atom is -0.462 e. The number of furan rings is 1. The van der Waals surface area contributed by atoms with Crippen LogP contribution in [0.1, 0.15) is 13.3 Å². The van der Waals surface area contributed by atoms with Crippen molar-refractivity contribution in [2.24, 2.45) is 0 Å². The van der Waals surface area contributed by atoms with Crippen molar-refractivity contribution < 1.29 is 9.21 Å². The molecule has 1 unspecified atom stereocenters. The molecule has 3 rings (SSSR count). The first kappa shape index (κ1) is 17.5. The van der Waals surface area contributed by atoms with Crippen molar-refractivity contribution in [3.8, 4) is 10.8 Å². The molecule has 2 amide bonds. The Hall–Kier alpha value is -2.32. The van der Waals surface area contributed by atoms with E-state index in [2.05, 4.69) is 39.9 Å². The summed E-state index contributed by atoms with van der Waals surface area (Å²) in [5.74, 6) is 1.44. The second-order valence-corrected chi connectivity index (χ2v) is 7.29. The number of carbonyl (C=O) groups excluding carboxylic acids is 1. The molecule has 0 aliphatic heterocycles. The fraction of sp³-hybridized carbons (Fsp3) is 0.235. The summed E-state index contributed by atoms with van der Waals surface area (Å²) in [7, 11) is 0. The smallest absolute Gasteiger partial charge is 0.321 e. The number of rotatable bonds is 7. The van der Waals surface area contributed by atoms with Crippen LogP contribution < -0.4 is 10.6 Å². The van der Waals surface area contributed by atoms with E-state index in [9.17, 15) is 4.79 Å². The monoisotopic (exact) mass is 374 g/mol. The second-order valence-electron chi connectivity index (χ2n) is 5.22. The van der Waals surface area contributed by atoms with Gasteiger partial charge >= 0.3 is 6.03 Å². The summed E-state index contributed by atoms with van der Waals surface area (Å²) in [4.78, 5) is 13.4. The number of anilines is 1. The van der Waals surface area contributed by atoms with Crippen LogP contribution in [0.25, 0.3) is 10.8 Å². The van der Waals surface area contributed by atoms with Gasteiger partial charge in [-0.3, -0.25) is 5.32 Å². The van der Waals surface area contributed by atoms with Crippen molar-refractivity contribution in [3.63, 3.8) is 0 Å². The molecule has 130 valence electrons. The maximum Gasteiger partial charge on any atom is 0.321 e. The van der Waals surface area contributed by atoms with Crippen LogP contribution in [0.2, 0.25) is 0 Å². The third kappa shape index (κ3) is 5.07. The Morgan fingerprint density at radius 3 is 2.80 bits per heavy atom. The Kier molecular flexibility index (Phi) is 6.08. The highest BCUT2D eigenvalue weighted by Crippen LogP contribution is 2.26. The molecule has 0 saturated carbocycles. The molecule has 25 heavy (non-hydrogen) atoms. The standard InChI is InChI=1S/C17H18N4O2S2/c1-2-12(11-24-13-7-4-3-5-8-13)18-16(22)19-17-21-20-15(25-17)14-9-6-10-23-14/h3-10,12H,2,11H2,1H3,(H2,18,19,21,22). The molecule has 1 aromatic carbocycles. The third-order valence-corrected chi connectivity index (χ3v) is 5.43. The SMILES string of the molecule is CCC(CSc1ccccc1)NC(=O)Nc1nnc(-c2ccco2)s1. The van der Waals surface area contributed by atoms with Gasteiger partial charge in [-0.25, -0.2) is 4.79 Å². The van der Waals surface area contributed by atoms with Crippen LogP contribution in [0.3, 0.4) is 0 Å². The maximum atomic E-state index is 12.2. The van der Waals surface area contributed by atoms with E-state index in [0.717, 1.165) is 12.2 Å². The number of urea groups is 1. The molecule has 1 atom stereocenters. The quantitative estimate of drug-likeness (QED) is 0.596. The predicted octanol–water partition coefficient (Wildman–Crippen LogP) is 4.49. The fourth-order valence-electron chi connectivity index (χ4n) is 2.07. The van der Waals surface area contributed by atoms with Crippen LogP contribution in [0, 0.1) is 0 Å². The molecule has 0 aliphatic rings. The Bertz CT molecular complexity index is 790. The molecule has 0 radical (unpaired) electrons. The Morgan fingerprint density at radius 2 is 2.08 bits per heavy atom. The van der Waals surface area contributed by atoms with E-state index in [4.69, 9.17) is 4.42 Å². The van der Waals surface area contributed by atoms with Gasteiger partial charge in [0.05, 0.1) is 6.26 Å². The summed E-state index contributed by atoms with van der Waals surface area (Å²) in [6.07, 6.45) is 2.42. The molecule has 0 aliphatic carbocycles.